The number of carbonyl (C=O) groups excluding carboxylic acids is 1. The van der Waals surface area contributed by atoms with Crippen molar-refractivity contribution >= 4 is 5.91 Å². The third-order valence-corrected chi connectivity index (χ3v) is 4.28. The Labute approximate surface area is 116 Å². The van der Waals surface area contributed by atoms with Gasteiger partial charge in [-0.3, -0.25) is 9.69 Å². The van der Waals surface area contributed by atoms with E-state index in [1.165, 1.54) is 6.42 Å². The number of hydrogen-bond donors (Lipinski definition) is 2. The van der Waals surface area contributed by atoms with Gasteiger partial charge in [0.25, 0.3) is 0 Å². The van der Waals surface area contributed by atoms with E-state index in [-0.39, 0.29) is 5.91 Å². The molecule has 2 heterocycles. The number of nitrogens with zero attached hydrogens (tertiary/aromatic N) is 1. The highest BCUT2D eigenvalue weighted by atomic mass is 16.1. The van der Waals surface area contributed by atoms with E-state index in [1.807, 2.05) is 6.08 Å². The molecular weight excluding hydrogens is 238 g/mol. The maximum absolute atomic E-state index is 11.9. The third-order valence-electron chi connectivity index (χ3n) is 4.28. The minimum Gasteiger partial charge on any atom is -0.353 e. The first-order valence-corrected chi connectivity index (χ1v) is 7.61. The summed E-state index contributed by atoms with van der Waals surface area (Å²) in [7, 11) is 0. The van der Waals surface area contributed by atoms with Crippen LogP contribution in [0.4, 0.5) is 0 Å². The first-order valence-electron chi connectivity index (χ1n) is 7.61. The molecule has 2 N–H and O–H groups in total. The molecular formula is C15H27N3O. The van der Waals surface area contributed by atoms with Gasteiger partial charge in [0.05, 0.1) is 0 Å². The Balaban J connectivity index is 1.59. The SMILES string of the molecule is C=CCN1CCC(NC(=O)CCC2CCNC2)CC1. The van der Waals surface area contributed by atoms with E-state index in [4.69, 9.17) is 0 Å². The minimum atomic E-state index is 0.245. The van der Waals surface area contributed by atoms with Gasteiger partial charge in [-0.1, -0.05) is 6.08 Å². The Bertz CT molecular complexity index is 292. The molecule has 4 nitrogen and oxygen atoms in total. The molecule has 1 atom stereocenters. The lowest BCUT2D eigenvalue weighted by Gasteiger charge is -2.31. The molecule has 0 spiro atoms. The summed E-state index contributed by atoms with van der Waals surface area (Å²) in [6, 6.07) is 0.385. The highest BCUT2D eigenvalue weighted by Gasteiger charge is 2.21. The molecule has 108 valence electrons. The lowest BCUT2D eigenvalue weighted by molar-refractivity contribution is -0.122. The van der Waals surface area contributed by atoms with Gasteiger partial charge in [0.1, 0.15) is 0 Å². The summed E-state index contributed by atoms with van der Waals surface area (Å²) in [5.74, 6) is 0.953. The Hall–Kier alpha value is -0.870. The van der Waals surface area contributed by atoms with Crippen molar-refractivity contribution in [3.63, 3.8) is 0 Å². The van der Waals surface area contributed by atoms with Crippen molar-refractivity contribution in [3.05, 3.63) is 12.7 Å². The molecule has 2 rings (SSSR count). The van der Waals surface area contributed by atoms with E-state index in [2.05, 4.69) is 22.1 Å². The maximum Gasteiger partial charge on any atom is 0.220 e. The monoisotopic (exact) mass is 265 g/mol. The first-order chi connectivity index (χ1) is 9.28. The second-order valence-corrected chi connectivity index (χ2v) is 5.83. The van der Waals surface area contributed by atoms with E-state index in [0.717, 1.165) is 52.0 Å². The average molecular weight is 265 g/mol. The van der Waals surface area contributed by atoms with Crippen LogP contribution in [0.1, 0.15) is 32.1 Å². The number of hydrogen-bond acceptors (Lipinski definition) is 3. The van der Waals surface area contributed by atoms with E-state index in [9.17, 15) is 4.79 Å². The van der Waals surface area contributed by atoms with E-state index in [0.29, 0.717) is 18.4 Å². The second kappa shape index (κ2) is 7.65. The van der Waals surface area contributed by atoms with Crippen molar-refractivity contribution in [1.82, 2.24) is 15.5 Å². The predicted octanol–water partition coefficient (Wildman–Crippen LogP) is 1.14. The van der Waals surface area contributed by atoms with Gasteiger partial charge in [0.15, 0.2) is 0 Å². The van der Waals surface area contributed by atoms with Gasteiger partial charge < -0.3 is 10.6 Å². The van der Waals surface area contributed by atoms with Gasteiger partial charge in [0, 0.05) is 32.1 Å². The smallest absolute Gasteiger partial charge is 0.220 e. The van der Waals surface area contributed by atoms with Crippen LogP contribution in [0.15, 0.2) is 12.7 Å². The molecule has 0 aromatic rings. The van der Waals surface area contributed by atoms with Crippen LogP contribution >= 0.6 is 0 Å². The first kappa shape index (κ1) is 14.5. The molecule has 1 unspecified atom stereocenters. The molecule has 2 fully saturated rings. The zero-order valence-corrected chi connectivity index (χ0v) is 11.9. The third kappa shape index (κ3) is 4.96. The Morgan fingerprint density at radius 1 is 1.37 bits per heavy atom. The molecule has 0 aliphatic carbocycles. The van der Waals surface area contributed by atoms with Crippen molar-refractivity contribution in [2.75, 3.05) is 32.7 Å². The Morgan fingerprint density at radius 2 is 2.16 bits per heavy atom. The van der Waals surface area contributed by atoms with Crippen molar-refractivity contribution < 1.29 is 4.79 Å². The standard InChI is InChI=1S/C15H27N3O/c1-2-9-18-10-6-14(7-11-18)17-15(19)4-3-13-5-8-16-12-13/h2,13-14,16H,1,3-12H2,(H,17,19). The van der Waals surface area contributed by atoms with E-state index in [1.54, 1.807) is 0 Å². The fraction of sp³-hybridized carbons (Fsp3) is 0.800. The van der Waals surface area contributed by atoms with Gasteiger partial charge in [-0.2, -0.15) is 0 Å². The van der Waals surface area contributed by atoms with Crippen molar-refractivity contribution in [2.24, 2.45) is 5.92 Å². The summed E-state index contributed by atoms with van der Waals surface area (Å²) >= 11 is 0. The fourth-order valence-electron chi connectivity index (χ4n) is 3.04. The van der Waals surface area contributed by atoms with Gasteiger partial charge >= 0.3 is 0 Å². The summed E-state index contributed by atoms with van der Waals surface area (Å²) in [6.45, 7) is 9.09. The van der Waals surface area contributed by atoms with Crippen LogP contribution in [0, 0.1) is 5.92 Å². The molecule has 0 aromatic heterocycles. The Morgan fingerprint density at radius 3 is 2.79 bits per heavy atom. The lowest BCUT2D eigenvalue weighted by atomic mass is 10.0. The number of piperidine rings is 1. The molecule has 0 aromatic carbocycles. The topological polar surface area (TPSA) is 44.4 Å². The Kier molecular flexibility index (Phi) is 5.86. The predicted molar refractivity (Wildman–Crippen MR) is 78.0 cm³/mol. The van der Waals surface area contributed by atoms with E-state index >= 15 is 0 Å². The van der Waals surface area contributed by atoms with Crippen LogP contribution in [0.3, 0.4) is 0 Å². The summed E-state index contributed by atoms with van der Waals surface area (Å²) in [5, 5.41) is 6.54. The van der Waals surface area contributed by atoms with Gasteiger partial charge in [-0.05, 0) is 44.7 Å². The van der Waals surface area contributed by atoms with Crippen LogP contribution < -0.4 is 10.6 Å². The van der Waals surface area contributed by atoms with Gasteiger partial charge in [-0.15, -0.1) is 6.58 Å². The van der Waals surface area contributed by atoms with Crippen molar-refractivity contribution in [3.8, 4) is 0 Å². The molecule has 0 saturated carbocycles. The normalized spacial score (nSPS) is 25.4. The van der Waals surface area contributed by atoms with E-state index < -0.39 is 0 Å². The summed E-state index contributed by atoms with van der Waals surface area (Å²) in [6.07, 6.45) is 7.06. The molecule has 2 saturated heterocycles. The number of amides is 1. The lowest BCUT2D eigenvalue weighted by Crippen LogP contribution is -2.44. The molecule has 19 heavy (non-hydrogen) atoms. The summed E-state index contributed by atoms with van der Waals surface area (Å²) in [4.78, 5) is 14.3. The van der Waals surface area contributed by atoms with Crippen LogP contribution in [-0.2, 0) is 4.79 Å². The van der Waals surface area contributed by atoms with Crippen molar-refractivity contribution in [2.45, 2.75) is 38.1 Å². The molecule has 1 amide bonds. The second-order valence-electron chi connectivity index (χ2n) is 5.83. The zero-order chi connectivity index (χ0) is 13.5. The van der Waals surface area contributed by atoms with Gasteiger partial charge in [0.2, 0.25) is 5.91 Å². The maximum atomic E-state index is 11.9. The molecule has 0 radical (unpaired) electrons. The molecule has 4 heteroatoms. The highest BCUT2D eigenvalue weighted by Crippen LogP contribution is 2.15. The summed E-state index contributed by atoms with van der Waals surface area (Å²) < 4.78 is 0. The quantitative estimate of drug-likeness (QED) is 0.708. The number of carbonyl (C=O) groups is 1. The average Bonchev–Trinajstić information content (AvgIpc) is 2.92. The molecule has 0 bridgehead atoms. The molecule has 2 aliphatic heterocycles. The fourth-order valence-corrected chi connectivity index (χ4v) is 3.04. The molecule has 2 aliphatic rings. The largest absolute Gasteiger partial charge is 0.353 e. The zero-order valence-electron chi connectivity index (χ0n) is 11.9. The number of nitrogens with one attached hydrogen (secondary N) is 2. The van der Waals surface area contributed by atoms with Crippen LogP contribution in [0.2, 0.25) is 0 Å². The minimum absolute atomic E-state index is 0.245. The number of rotatable bonds is 6. The van der Waals surface area contributed by atoms with Crippen molar-refractivity contribution in [1.29, 1.82) is 0 Å². The highest BCUT2D eigenvalue weighted by molar-refractivity contribution is 5.76. The number of likely N-dealkylation sites (tertiary alicyclic amines) is 1. The van der Waals surface area contributed by atoms with Gasteiger partial charge in [-0.25, -0.2) is 0 Å². The summed E-state index contributed by atoms with van der Waals surface area (Å²) in [5.41, 5.74) is 0. The van der Waals surface area contributed by atoms with Crippen LogP contribution in [-0.4, -0.2) is 49.6 Å². The van der Waals surface area contributed by atoms with Crippen LogP contribution in [0.25, 0.3) is 0 Å². The van der Waals surface area contributed by atoms with Crippen LogP contribution in [0.5, 0.6) is 0 Å².